The molecule has 5 nitrogen and oxygen atoms in total. The Morgan fingerprint density at radius 1 is 1.59 bits per heavy atom. The van der Waals surface area contributed by atoms with Gasteiger partial charge < -0.3 is 9.88 Å². The van der Waals surface area contributed by atoms with E-state index in [1.807, 2.05) is 16.7 Å². The first-order valence-electron chi connectivity index (χ1n) is 5.44. The number of carbonyl (C=O) groups is 1. The number of amides is 1. The van der Waals surface area contributed by atoms with E-state index in [9.17, 15) is 4.79 Å². The van der Waals surface area contributed by atoms with E-state index in [1.54, 1.807) is 6.20 Å². The first kappa shape index (κ1) is 10.5. The number of alkyl halides is 1. The third-order valence-corrected chi connectivity index (χ3v) is 3.20. The molecule has 2 aromatic heterocycles. The number of hydrogen-bond acceptors (Lipinski definition) is 3. The average molecular weight is 251 g/mol. The van der Waals surface area contributed by atoms with E-state index >= 15 is 0 Å². The van der Waals surface area contributed by atoms with E-state index in [1.165, 1.54) is 0 Å². The molecule has 0 aromatic carbocycles. The summed E-state index contributed by atoms with van der Waals surface area (Å²) in [7, 11) is 0. The highest BCUT2D eigenvalue weighted by molar-refractivity contribution is 6.16. The molecule has 0 radical (unpaired) electrons. The van der Waals surface area contributed by atoms with Gasteiger partial charge in [0.05, 0.1) is 11.9 Å². The number of carbonyl (C=O) groups excluding carboxylic acids is 1. The minimum absolute atomic E-state index is 0.0632. The van der Waals surface area contributed by atoms with Crippen molar-refractivity contribution >= 4 is 28.7 Å². The minimum Gasteiger partial charge on any atom is -0.354 e. The summed E-state index contributed by atoms with van der Waals surface area (Å²) in [6.45, 7) is 0.616. The lowest BCUT2D eigenvalue weighted by atomic mass is 10.2. The number of nitrogens with one attached hydrogen (secondary N) is 1. The highest BCUT2D eigenvalue weighted by Crippen LogP contribution is 2.24. The lowest BCUT2D eigenvalue weighted by Crippen LogP contribution is -2.16. The number of nitrogens with zero attached hydrogens (tertiary/aromatic N) is 3. The number of imidazole rings is 1. The van der Waals surface area contributed by atoms with Crippen molar-refractivity contribution in [2.24, 2.45) is 0 Å². The summed E-state index contributed by atoms with van der Waals surface area (Å²) in [5, 5.41) is 2.82. The van der Waals surface area contributed by atoms with Gasteiger partial charge in [-0.2, -0.15) is 0 Å². The Kier molecular flexibility index (Phi) is 2.48. The van der Waals surface area contributed by atoms with Crippen LogP contribution in [0.5, 0.6) is 0 Å². The lowest BCUT2D eigenvalue weighted by molar-refractivity contribution is -0.119. The van der Waals surface area contributed by atoms with Crippen molar-refractivity contribution in [3.05, 3.63) is 24.2 Å². The van der Waals surface area contributed by atoms with Crippen molar-refractivity contribution in [1.29, 1.82) is 0 Å². The second-order valence-corrected chi connectivity index (χ2v) is 4.31. The molecule has 1 aliphatic rings. The lowest BCUT2D eigenvalue weighted by Gasteiger charge is -2.12. The summed E-state index contributed by atoms with van der Waals surface area (Å²) >= 11 is 5.90. The van der Waals surface area contributed by atoms with Crippen LogP contribution in [0.2, 0.25) is 0 Å². The number of rotatable bonds is 2. The van der Waals surface area contributed by atoms with Crippen LogP contribution < -0.4 is 5.32 Å². The molecule has 3 heterocycles. The molecule has 1 N–H and O–H groups in total. The zero-order valence-corrected chi connectivity index (χ0v) is 9.81. The first-order chi connectivity index (χ1) is 8.29. The molecule has 1 fully saturated rings. The van der Waals surface area contributed by atoms with Crippen molar-refractivity contribution in [3.8, 4) is 0 Å². The predicted octanol–water partition coefficient (Wildman–Crippen LogP) is 1.23. The second kappa shape index (κ2) is 4.00. The molecule has 1 unspecified atom stereocenters. The fourth-order valence-corrected chi connectivity index (χ4v) is 2.42. The highest BCUT2D eigenvalue weighted by Gasteiger charge is 2.26. The number of pyridine rings is 1. The zero-order chi connectivity index (χ0) is 11.8. The molecule has 6 heteroatoms. The molecule has 2 aromatic rings. The molecule has 1 saturated heterocycles. The molecule has 1 aliphatic heterocycles. The van der Waals surface area contributed by atoms with E-state index in [-0.39, 0.29) is 11.9 Å². The maximum atomic E-state index is 11.3. The van der Waals surface area contributed by atoms with Gasteiger partial charge in [-0.05, 0) is 12.1 Å². The monoisotopic (exact) mass is 250 g/mol. The largest absolute Gasteiger partial charge is 0.354 e. The van der Waals surface area contributed by atoms with Gasteiger partial charge in [0.15, 0.2) is 5.65 Å². The van der Waals surface area contributed by atoms with Gasteiger partial charge in [0.2, 0.25) is 5.91 Å². The first-order valence-corrected chi connectivity index (χ1v) is 5.97. The molecule has 3 rings (SSSR count). The Hall–Kier alpha value is -1.62. The molecular weight excluding hydrogens is 240 g/mol. The standard InChI is InChI=1S/C11H11ClN4O/c12-5-9-15-8-2-1-3-13-11(8)16(9)7-4-10(17)14-6-7/h1-3,7H,4-6H2,(H,14,17). The average Bonchev–Trinajstić information content (AvgIpc) is 2.91. The number of hydrogen-bond donors (Lipinski definition) is 1. The Morgan fingerprint density at radius 3 is 3.18 bits per heavy atom. The van der Waals surface area contributed by atoms with Gasteiger partial charge in [-0.3, -0.25) is 4.79 Å². The molecule has 1 atom stereocenters. The summed E-state index contributed by atoms with van der Waals surface area (Å²) in [6, 6.07) is 3.81. The highest BCUT2D eigenvalue weighted by atomic mass is 35.5. The van der Waals surface area contributed by atoms with Crippen LogP contribution in [-0.4, -0.2) is 27.0 Å². The van der Waals surface area contributed by atoms with Gasteiger partial charge in [0.1, 0.15) is 11.3 Å². The van der Waals surface area contributed by atoms with Crippen molar-refractivity contribution in [2.75, 3.05) is 6.54 Å². The minimum atomic E-state index is 0.0632. The quantitative estimate of drug-likeness (QED) is 0.816. The van der Waals surface area contributed by atoms with E-state index < -0.39 is 0 Å². The normalized spacial score (nSPS) is 19.8. The van der Waals surface area contributed by atoms with Crippen molar-refractivity contribution in [1.82, 2.24) is 19.9 Å². The van der Waals surface area contributed by atoms with Gasteiger partial charge in [0, 0.05) is 19.2 Å². The van der Waals surface area contributed by atoms with Gasteiger partial charge in [-0.1, -0.05) is 0 Å². The molecule has 1 amide bonds. The number of halogens is 1. The van der Waals surface area contributed by atoms with Crippen LogP contribution in [-0.2, 0) is 10.7 Å². The van der Waals surface area contributed by atoms with Gasteiger partial charge >= 0.3 is 0 Å². The van der Waals surface area contributed by atoms with Crippen molar-refractivity contribution in [3.63, 3.8) is 0 Å². The predicted molar refractivity (Wildman–Crippen MR) is 63.7 cm³/mol. The molecule has 0 saturated carbocycles. The third kappa shape index (κ3) is 1.67. The Labute approximate surface area is 103 Å². The molecule has 0 spiro atoms. The van der Waals surface area contributed by atoms with Gasteiger partial charge in [0.25, 0.3) is 0 Å². The topological polar surface area (TPSA) is 59.8 Å². The second-order valence-electron chi connectivity index (χ2n) is 4.04. The van der Waals surface area contributed by atoms with Crippen LogP contribution >= 0.6 is 11.6 Å². The van der Waals surface area contributed by atoms with Crippen LogP contribution in [0, 0.1) is 0 Å². The number of fused-ring (bicyclic) bond motifs is 1. The van der Waals surface area contributed by atoms with Crippen molar-refractivity contribution < 1.29 is 4.79 Å². The third-order valence-electron chi connectivity index (χ3n) is 2.96. The molecular formula is C11H11ClN4O. The van der Waals surface area contributed by atoms with Crippen LogP contribution in [0.25, 0.3) is 11.2 Å². The fraction of sp³-hybridized carbons (Fsp3) is 0.364. The molecule has 88 valence electrons. The van der Waals surface area contributed by atoms with E-state index in [0.717, 1.165) is 17.0 Å². The smallest absolute Gasteiger partial charge is 0.222 e. The van der Waals surface area contributed by atoms with Gasteiger partial charge in [-0.25, -0.2) is 9.97 Å². The SMILES string of the molecule is O=C1CC(n2c(CCl)nc3cccnc32)CN1. The molecule has 17 heavy (non-hydrogen) atoms. The van der Waals surface area contributed by atoms with Crippen LogP contribution in [0.15, 0.2) is 18.3 Å². The Bertz CT molecular complexity index is 580. The fourth-order valence-electron chi connectivity index (χ4n) is 2.23. The van der Waals surface area contributed by atoms with Crippen LogP contribution in [0.1, 0.15) is 18.3 Å². The number of aromatic nitrogens is 3. The maximum absolute atomic E-state index is 11.3. The summed E-state index contributed by atoms with van der Waals surface area (Å²) in [5.74, 6) is 1.15. The summed E-state index contributed by atoms with van der Waals surface area (Å²) < 4.78 is 1.97. The van der Waals surface area contributed by atoms with Gasteiger partial charge in [-0.15, -0.1) is 11.6 Å². The van der Waals surface area contributed by atoms with Crippen molar-refractivity contribution in [2.45, 2.75) is 18.3 Å². The zero-order valence-electron chi connectivity index (χ0n) is 9.06. The summed E-state index contributed by atoms with van der Waals surface area (Å²) in [5.41, 5.74) is 1.62. The van der Waals surface area contributed by atoms with E-state index in [2.05, 4.69) is 15.3 Å². The Balaban J connectivity index is 2.15. The molecule has 0 aliphatic carbocycles. The Morgan fingerprint density at radius 2 is 2.47 bits per heavy atom. The van der Waals surface area contributed by atoms with Crippen LogP contribution in [0.3, 0.4) is 0 Å². The summed E-state index contributed by atoms with van der Waals surface area (Å²) in [6.07, 6.45) is 2.19. The van der Waals surface area contributed by atoms with E-state index in [4.69, 9.17) is 11.6 Å². The maximum Gasteiger partial charge on any atom is 0.222 e. The van der Waals surface area contributed by atoms with Crippen LogP contribution in [0.4, 0.5) is 0 Å². The summed E-state index contributed by atoms with van der Waals surface area (Å²) in [4.78, 5) is 20.0. The van der Waals surface area contributed by atoms with E-state index in [0.29, 0.717) is 18.8 Å². The molecule has 0 bridgehead atoms.